The van der Waals surface area contributed by atoms with Gasteiger partial charge in [-0.15, -0.1) is 6.58 Å². The van der Waals surface area contributed by atoms with Crippen LogP contribution in [0.5, 0.6) is 0 Å². The van der Waals surface area contributed by atoms with Gasteiger partial charge in [-0.25, -0.2) is 0 Å². The van der Waals surface area contributed by atoms with Gasteiger partial charge >= 0.3 is 0 Å². The van der Waals surface area contributed by atoms with Crippen molar-refractivity contribution in [3.63, 3.8) is 0 Å². The molecular weight excluding hydrogens is 156 g/mol. The molecule has 0 aliphatic carbocycles. The standard InChI is InChI=1S/C9H18O3/c1-5-8-12-9(4,10-6-2)11-7-3/h5H,1,6-8H2,2-4H3. The average Bonchev–Trinajstić information content (AvgIpc) is 2.02. The van der Waals surface area contributed by atoms with Crippen LogP contribution < -0.4 is 0 Å². The summed E-state index contributed by atoms with van der Waals surface area (Å²) in [6.07, 6.45) is 1.66. The highest BCUT2D eigenvalue weighted by Crippen LogP contribution is 2.13. The molecule has 0 aliphatic rings. The molecule has 0 fully saturated rings. The van der Waals surface area contributed by atoms with Crippen LogP contribution in [0.15, 0.2) is 12.7 Å². The van der Waals surface area contributed by atoms with Crippen molar-refractivity contribution in [1.29, 1.82) is 0 Å². The first kappa shape index (κ1) is 11.6. The van der Waals surface area contributed by atoms with E-state index in [9.17, 15) is 0 Å². The van der Waals surface area contributed by atoms with Gasteiger partial charge in [0, 0.05) is 20.1 Å². The molecule has 0 aromatic carbocycles. The van der Waals surface area contributed by atoms with Crippen LogP contribution >= 0.6 is 0 Å². The van der Waals surface area contributed by atoms with E-state index in [4.69, 9.17) is 14.2 Å². The molecule has 0 aromatic heterocycles. The minimum absolute atomic E-state index is 0.427. The minimum Gasteiger partial charge on any atom is -0.328 e. The predicted molar refractivity (Wildman–Crippen MR) is 47.8 cm³/mol. The second-order valence-electron chi connectivity index (χ2n) is 2.33. The van der Waals surface area contributed by atoms with Gasteiger partial charge < -0.3 is 14.2 Å². The lowest BCUT2D eigenvalue weighted by atomic mass is 10.6. The van der Waals surface area contributed by atoms with E-state index in [0.717, 1.165) is 0 Å². The minimum atomic E-state index is -0.919. The van der Waals surface area contributed by atoms with Gasteiger partial charge in [-0.3, -0.25) is 0 Å². The van der Waals surface area contributed by atoms with Crippen LogP contribution in [0.4, 0.5) is 0 Å². The predicted octanol–water partition coefficient (Wildman–Crippen LogP) is 1.94. The Morgan fingerprint density at radius 2 is 1.67 bits per heavy atom. The van der Waals surface area contributed by atoms with Crippen LogP contribution in [-0.2, 0) is 14.2 Å². The van der Waals surface area contributed by atoms with Crippen molar-refractivity contribution in [1.82, 2.24) is 0 Å². The van der Waals surface area contributed by atoms with E-state index in [1.165, 1.54) is 0 Å². The highest BCUT2D eigenvalue weighted by atomic mass is 16.9. The molecule has 0 aromatic rings. The maximum atomic E-state index is 5.30. The lowest BCUT2D eigenvalue weighted by Gasteiger charge is -2.28. The molecule has 3 nitrogen and oxygen atoms in total. The first-order valence-electron chi connectivity index (χ1n) is 4.21. The molecule has 0 saturated heterocycles. The van der Waals surface area contributed by atoms with E-state index in [1.54, 1.807) is 13.0 Å². The maximum Gasteiger partial charge on any atom is 0.280 e. The summed E-state index contributed by atoms with van der Waals surface area (Å²) < 4.78 is 15.9. The van der Waals surface area contributed by atoms with Crippen molar-refractivity contribution >= 4 is 0 Å². The highest BCUT2D eigenvalue weighted by molar-refractivity contribution is 4.65. The van der Waals surface area contributed by atoms with Crippen LogP contribution in [0.1, 0.15) is 20.8 Å². The molecule has 0 heterocycles. The van der Waals surface area contributed by atoms with Gasteiger partial charge in [-0.2, -0.15) is 0 Å². The molecule has 0 aliphatic heterocycles. The van der Waals surface area contributed by atoms with Crippen LogP contribution in [0.3, 0.4) is 0 Å². The molecule has 0 spiro atoms. The van der Waals surface area contributed by atoms with Gasteiger partial charge in [-0.05, 0) is 13.8 Å². The monoisotopic (exact) mass is 174 g/mol. The summed E-state index contributed by atoms with van der Waals surface area (Å²) in [6, 6.07) is 0. The summed E-state index contributed by atoms with van der Waals surface area (Å²) in [5.41, 5.74) is 0. The van der Waals surface area contributed by atoms with Crippen LogP contribution in [0, 0.1) is 0 Å². The summed E-state index contributed by atoms with van der Waals surface area (Å²) >= 11 is 0. The first-order chi connectivity index (χ1) is 5.68. The molecule has 0 N–H and O–H groups in total. The second-order valence-corrected chi connectivity index (χ2v) is 2.33. The summed E-state index contributed by atoms with van der Waals surface area (Å²) in [4.78, 5) is 0. The third-order valence-corrected chi connectivity index (χ3v) is 1.28. The third-order valence-electron chi connectivity index (χ3n) is 1.28. The SMILES string of the molecule is C=CCOC(C)(OCC)OCC. The number of hydrogen-bond donors (Lipinski definition) is 0. The van der Waals surface area contributed by atoms with E-state index in [-0.39, 0.29) is 0 Å². The Morgan fingerprint density at radius 3 is 2.00 bits per heavy atom. The van der Waals surface area contributed by atoms with E-state index >= 15 is 0 Å². The van der Waals surface area contributed by atoms with E-state index in [0.29, 0.717) is 19.8 Å². The largest absolute Gasteiger partial charge is 0.328 e. The smallest absolute Gasteiger partial charge is 0.280 e. The molecule has 0 radical (unpaired) electrons. The Balaban J connectivity index is 3.88. The van der Waals surface area contributed by atoms with Gasteiger partial charge in [0.1, 0.15) is 0 Å². The Hall–Kier alpha value is -0.380. The molecular formula is C9H18O3. The second kappa shape index (κ2) is 6.17. The van der Waals surface area contributed by atoms with Gasteiger partial charge in [0.25, 0.3) is 5.97 Å². The molecule has 0 saturated carbocycles. The van der Waals surface area contributed by atoms with Crippen LogP contribution in [-0.4, -0.2) is 25.8 Å². The maximum absolute atomic E-state index is 5.30. The summed E-state index contributed by atoms with van der Waals surface area (Å²) in [5, 5.41) is 0. The zero-order chi connectivity index (χ0) is 9.45. The molecule has 0 bridgehead atoms. The van der Waals surface area contributed by atoms with Crippen molar-refractivity contribution in [2.45, 2.75) is 26.7 Å². The third kappa shape index (κ3) is 4.49. The summed E-state index contributed by atoms with van der Waals surface area (Å²) in [6.45, 7) is 10.6. The quantitative estimate of drug-likeness (QED) is 0.436. The van der Waals surface area contributed by atoms with E-state index in [2.05, 4.69) is 6.58 Å². The van der Waals surface area contributed by atoms with Crippen LogP contribution in [0.25, 0.3) is 0 Å². The molecule has 12 heavy (non-hydrogen) atoms. The number of hydrogen-bond acceptors (Lipinski definition) is 3. The molecule has 72 valence electrons. The Kier molecular flexibility index (Phi) is 5.98. The number of rotatable bonds is 7. The fourth-order valence-corrected chi connectivity index (χ4v) is 0.860. The Bertz CT molecular complexity index is 117. The van der Waals surface area contributed by atoms with Crippen molar-refractivity contribution in [3.05, 3.63) is 12.7 Å². The van der Waals surface area contributed by atoms with Gasteiger partial charge in [0.05, 0.1) is 6.61 Å². The zero-order valence-corrected chi connectivity index (χ0v) is 8.13. The van der Waals surface area contributed by atoms with Gasteiger partial charge in [0.2, 0.25) is 0 Å². The molecule has 0 amide bonds. The molecule has 0 atom stereocenters. The van der Waals surface area contributed by atoms with Crippen molar-refractivity contribution in [2.24, 2.45) is 0 Å². The van der Waals surface area contributed by atoms with Crippen molar-refractivity contribution in [3.8, 4) is 0 Å². The average molecular weight is 174 g/mol. The van der Waals surface area contributed by atoms with Gasteiger partial charge in [-0.1, -0.05) is 6.08 Å². The van der Waals surface area contributed by atoms with Crippen molar-refractivity contribution in [2.75, 3.05) is 19.8 Å². The lowest BCUT2D eigenvalue weighted by Crippen LogP contribution is -2.35. The van der Waals surface area contributed by atoms with Crippen LogP contribution in [0.2, 0.25) is 0 Å². The topological polar surface area (TPSA) is 27.7 Å². The first-order valence-corrected chi connectivity index (χ1v) is 4.21. The fraction of sp³-hybridized carbons (Fsp3) is 0.778. The lowest BCUT2D eigenvalue weighted by molar-refractivity contribution is -0.363. The Morgan fingerprint density at radius 1 is 1.17 bits per heavy atom. The fourth-order valence-electron chi connectivity index (χ4n) is 0.860. The molecule has 3 heteroatoms. The zero-order valence-electron chi connectivity index (χ0n) is 8.13. The Labute approximate surface area is 74.3 Å². The van der Waals surface area contributed by atoms with E-state index < -0.39 is 5.97 Å². The van der Waals surface area contributed by atoms with Gasteiger partial charge in [0.15, 0.2) is 0 Å². The van der Waals surface area contributed by atoms with Crippen molar-refractivity contribution < 1.29 is 14.2 Å². The molecule has 0 rings (SSSR count). The normalized spacial score (nSPS) is 11.6. The number of ether oxygens (including phenoxy) is 3. The summed E-state index contributed by atoms with van der Waals surface area (Å²) in [5.74, 6) is -0.919. The van der Waals surface area contributed by atoms with E-state index in [1.807, 2.05) is 13.8 Å². The summed E-state index contributed by atoms with van der Waals surface area (Å²) in [7, 11) is 0. The molecule has 0 unspecified atom stereocenters. The highest BCUT2D eigenvalue weighted by Gasteiger charge is 2.24.